The van der Waals surface area contributed by atoms with Gasteiger partial charge in [0, 0.05) is 12.8 Å². The predicted octanol–water partition coefficient (Wildman–Crippen LogP) is 17.7. The van der Waals surface area contributed by atoms with Gasteiger partial charge in [-0.2, -0.15) is 0 Å². The van der Waals surface area contributed by atoms with Gasteiger partial charge in [-0.15, -0.1) is 0 Å². The standard InChI is InChI=1S/C58H113NO5/c1-3-5-7-9-11-13-15-17-19-24-28-32-36-40-44-48-52-58(63)64-53-49-45-41-37-33-29-25-22-20-21-23-27-31-35-39-43-47-51-57(62)59-55(54-60)56(61)50-46-42-38-34-30-26-18-16-14-12-10-8-6-4-2/h46,50,55-56,60-61H,3-45,47-49,51-54H2,1-2H3,(H,59,62)/b50-46+. The number of carbonyl (C=O) groups excluding carboxylic acids is 2. The summed E-state index contributed by atoms with van der Waals surface area (Å²) in [6.07, 6.45) is 63.7. The Morgan fingerprint density at radius 1 is 0.422 bits per heavy atom. The average Bonchev–Trinajstić information content (AvgIpc) is 3.29. The number of amides is 1. The topological polar surface area (TPSA) is 95.9 Å². The molecule has 0 saturated heterocycles. The van der Waals surface area contributed by atoms with Crippen LogP contribution in [-0.2, 0) is 14.3 Å². The number of aliphatic hydroxyl groups excluding tert-OH is 2. The lowest BCUT2D eigenvalue weighted by atomic mass is 10.0. The molecular weight excluding hydrogens is 791 g/mol. The van der Waals surface area contributed by atoms with E-state index in [4.69, 9.17) is 4.74 Å². The van der Waals surface area contributed by atoms with Crippen LogP contribution >= 0.6 is 0 Å². The van der Waals surface area contributed by atoms with E-state index in [0.717, 1.165) is 38.5 Å². The van der Waals surface area contributed by atoms with Gasteiger partial charge in [0.05, 0.1) is 25.4 Å². The zero-order valence-corrected chi connectivity index (χ0v) is 43.3. The molecule has 0 aliphatic rings. The van der Waals surface area contributed by atoms with Crippen molar-refractivity contribution in [2.45, 2.75) is 334 Å². The molecular formula is C58H113NO5. The van der Waals surface area contributed by atoms with Crippen LogP contribution < -0.4 is 5.32 Å². The van der Waals surface area contributed by atoms with Gasteiger partial charge in [-0.05, 0) is 32.1 Å². The highest BCUT2D eigenvalue weighted by Gasteiger charge is 2.18. The summed E-state index contributed by atoms with van der Waals surface area (Å²) < 4.78 is 5.49. The Morgan fingerprint density at radius 3 is 1.06 bits per heavy atom. The molecule has 2 atom stereocenters. The highest BCUT2D eigenvalue weighted by atomic mass is 16.5. The van der Waals surface area contributed by atoms with Crippen LogP contribution in [0.4, 0.5) is 0 Å². The van der Waals surface area contributed by atoms with Crippen molar-refractivity contribution in [3.63, 3.8) is 0 Å². The third kappa shape index (κ3) is 50.0. The monoisotopic (exact) mass is 904 g/mol. The Bertz CT molecular complexity index is 955. The number of rotatable bonds is 54. The molecule has 0 heterocycles. The second-order valence-electron chi connectivity index (χ2n) is 20.0. The number of aliphatic hydroxyl groups is 2. The van der Waals surface area contributed by atoms with E-state index in [-0.39, 0.29) is 18.5 Å². The van der Waals surface area contributed by atoms with E-state index in [1.807, 2.05) is 6.08 Å². The average molecular weight is 905 g/mol. The summed E-state index contributed by atoms with van der Waals surface area (Å²) in [6.45, 7) is 4.91. The summed E-state index contributed by atoms with van der Waals surface area (Å²) in [7, 11) is 0. The number of hydrogen-bond donors (Lipinski definition) is 3. The minimum Gasteiger partial charge on any atom is -0.466 e. The second kappa shape index (κ2) is 54.2. The molecule has 0 aliphatic carbocycles. The van der Waals surface area contributed by atoms with Crippen LogP contribution in [0.1, 0.15) is 322 Å². The fraction of sp³-hybridized carbons (Fsp3) is 0.931. The van der Waals surface area contributed by atoms with Gasteiger partial charge < -0.3 is 20.3 Å². The molecule has 1 amide bonds. The van der Waals surface area contributed by atoms with Crippen molar-refractivity contribution < 1.29 is 24.5 Å². The van der Waals surface area contributed by atoms with Crippen molar-refractivity contribution in [3.8, 4) is 0 Å². The fourth-order valence-corrected chi connectivity index (χ4v) is 9.11. The van der Waals surface area contributed by atoms with E-state index in [0.29, 0.717) is 19.4 Å². The third-order valence-corrected chi connectivity index (χ3v) is 13.6. The Hall–Kier alpha value is -1.40. The molecule has 380 valence electrons. The SMILES string of the molecule is CCCCCCCCCCCCCC/C=C/C(O)C(CO)NC(=O)CCCCCCCCCCCCCCCCCCCOC(=O)CCCCCCCCCCCCCCCCCC. The fourth-order valence-electron chi connectivity index (χ4n) is 9.11. The van der Waals surface area contributed by atoms with Crippen LogP contribution in [0, 0.1) is 0 Å². The quantitative estimate of drug-likeness (QED) is 0.0321. The van der Waals surface area contributed by atoms with Crippen LogP contribution in [0.3, 0.4) is 0 Å². The van der Waals surface area contributed by atoms with Crippen molar-refractivity contribution in [2.24, 2.45) is 0 Å². The molecule has 0 aliphatic heterocycles. The molecule has 6 nitrogen and oxygen atoms in total. The Kier molecular flexibility index (Phi) is 53.0. The van der Waals surface area contributed by atoms with E-state index in [2.05, 4.69) is 19.2 Å². The second-order valence-corrected chi connectivity index (χ2v) is 20.0. The first-order valence-electron chi connectivity index (χ1n) is 29.0. The van der Waals surface area contributed by atoms with Gasteiger partial charge in [0.25, 0.3) is 0 Å². The molecule has 0 spiro atoms. The maximum atomic E-state index is 12.4. The minimum atomic E-state index is -0.846. The van der Waals surface area contributed by atoms with Crippen LogP contribution in [0.5, 0.6) is 0 Å². The zero-order valence-electron chi connectivity index (χ0n) is 43.3. The number of ether oxygens (including phenoxy) is 1. The summed E-state index contributed by atoms with van der Waals surface area (Å²) in [5.74, 6) is -0.0633. The van der Waals surface area contributed by atoms with Gasteiger partial charge in [-0.3, -0.25) is 9.59 Å². The first-order valence-corrected chi connectivity index (χ1v) is 29.0. The highest BCUT2D eigenvalue weighted by Crippen LogP contribution is 2.17. The molecule has 0 saturated carbocycles. The van der Waals surface area contributed by atoms with Crippen LogP contribution in [0.15, 0.2) is 12.2 Å². The lowest BCUT2D eigenvalue weighted by molar-refractivity contribution is -0.143. The van der Waals surface area contributed by atoms with Crippen LogP contribution in [0.25, 0.3) is 0 Å². The molecule has 64 heavy (non-hydrogen) atoms. The maximum absolute atomic E-state index is 12.4. The summed E-state index contributed by atoms with van der Waals surface area (Å²) >= 11 is 0. The smallest absolute Gasteiger partial charge is 0.305 e. The number of esters is 1. The largest absolute Gasteiger partial charge is 0.466 e. The molecule has 0 rings (SSSR count). The van der Waals surface area contributed by atoms with Crippen molar-refractivity contribution >= 4 is 11.9 Å². The number of carbonyl (C=O) groups is 2. The van der Waals surface area contributed by atoms with Gasteiger partial charge in [-0.1, -0.05) is 289 Å². The van der Waals surface area contributed by atoms with E-state index in [1.54, 1.807) is 6.08 Å². The summed E-state index contributed by atoms with van der Waals surface area (Å²) in [6, 6.07) is -0.630. The van der Waals surface area contributed by atoms with E-state index in [1.165, 1.54) is 257 Å². The Balaban J connectivity index is 3.41. The molecule has 0 radical (unpaired) electrons. The van der Waals surface area contributed by atoms with Gasteiger partial charge in [-0.25, -0.2) is 0 Å². The van der Waals surface area contributed by atoms with Crippen LogP contribution in [-0.4, -0.2) is 47.4 Å². The van der Waals surface area contributed by atoms with Gasteiger partial charge in [0.2, 0.25) is 5.91 Å². The number of hydrogen-bond acceptors (Lipinski definition) is 5. The lowest BCUT2D eigenvalue weighted by Crippen LogP contribution is -2.45. The molecule has 2 unspecified atom stereocenters. The van der Waals surface area contributed by atoms with Crippen molar-refractivity contribution in [3.05, 3.63) is 12.2 Å². The molecule has 0 aromatic heterocycles. The van der Waals surface area contributed by atoms with Crippen molar-refractivity contribution in [1.29, 1.82) is 0 Å². The number of nitrogens with one attached hydrogen (secondary N) is 1. The molecule has 3 N–H and O–H groups in total. The third-order valence-electron chi connectivity index (χ3n) is 13.6. The van der Waals surface area contributed by atoms with Gasteiger partial charge in [0.1, 0.15) is 0 Å². The summed E-state index contributed by atoms with van der Waals surface area (Å²) in [5, 5.41) is 23.1. The molecule has 0 fully saturated rings. The highest BCUT2D eigenvalue weighted by molar-refractivity contribution is 5.76. The molecule has 0 aromatic carbocycles. The van der Waals surface area contributed by atoms with Crippen molar-refractivity contribution in [2.75, 3.05) is 13.2 Å². The molecule has 0 aromatic rings. The predicted molar refractivity (Wildman–Crippen MR) is 278 cm³/mol. The zero-order chi connectivity index (χ0) is 46.5. The number of unbranched alkanes of at least 4 members (excludes halogenated alkanes) is 43. The Labute approximate surface area is 399 Å². The first kappa shape index (κ1) is 62.6. The molecule has 6 heteroatoms. The normalized spacial score (nSPS) is 12.6. The minimum absolute atomic E-state index is 0.00833. The van der Waals surface area contributed by atoms with E-state index >= 15 is 0 Å². The number of allylic oxidation sites excluding steroid dienone is 1. The van der Waals surface area contributed by atoms with Gasteiger partial charge in [0.15, 0.2) is 0 Å². The van der Waals surface area contributed by atoms with E-state index < -0.39 is 12.1 Å². The first-order chi connectivity index (χ1) is 31.5. The van der Waals surface area contributed by atoms with Gasteiger partial charge >= 0.3 is 5.97 Å². The van der Waals surface area contributed by atoms with Crippen LogP contribution in [0.2, 0.25) is 0 Å². The maximum Gasteiger partial charge on any atom is 0.305 e. The summed E-state index contributed by atoms with van der Waals surface area (Å²) in [5.41, 5.74) is 0. The van der Waals surface area contributed by atoms with E-state index in [9.17, 15) is 19.8 Å². The Morgan fingerprint density at radius 2 is 0.719 bits per heavy atom. The van der Waals surface area contributed by atoms with Crippen molar-refractivity contribution in [1.82, 2.24) is 5.32 Å². The summed E-state index contributed by atoms with van der Waals surface area (Å²) in [4.78, 5) is 24.5. The lowest BCUT2D eigenvalue weighted by Gasteiger charge is -2.20. The molecule has 0 bridgehead atoms.